The van der Waals surface area contributed by atoms with Gasteiger partial charge in [-0.1, -0.05) is 12.8 Å². The number of halogens is 1. The summed E-state index contributed by atoms with van der Waals surface area (Å²) in [6, 6.07) is 0. The molecule has 0 aliphatic heterocycles. The van der Waals surface area contributed by atoms with E-state index in [0.717, 1.165) is 25.7 Å². The van der Waals surface area contributed by atoms with E-state index in [1.165, 1.54) is 0 Å². The van der Waals surface area contributed by atoms with E-state index in [2.05, 4.69) is 6.42 Å². The van der Waals surface area contributed by atoms with Gasteiger partial charge in [0.2, 0.25) is 0 Å². The molecule has 1 rings (SSSR count). The van der Waals surface area contributed by atoms with E-state index in [9.17, 15) is 4.39 Å². The number of hydrogen-bond acceptors (Lipinski definition) is 0. The van der Waals surface area contributed by atoms with Crippen molar-refractivity contribution in [2.45, 2.75) is 25.7 Å². The Hall–Kier alpha value is 1.03. The first-order chi connectivity index (χ1) is 3.93. The summed E-state index contributed by atoms with van der Waals surface area (Å²) in [7, 11) is 0. The van der Waals surface area contributed by atoms with Crippen LogP contribution in [0.5, 0.6) is 0 Å². The second kappa shape index (κ2) is 8.13. The van der Waals surface area contributed by atoms with Crippen molar-refractivity contribution in [3.63, 3.8) is 0 Å². The molecule has 0 spiro atoms. The minimum atomic E-state index is -0.103. The molecule has 1 saturated carbocycles. The zero-order chi connectivity index (χ0) is 5.82. The molecule has 0 heterocycles. The zero-order valence-electron chi connectivity index (χ0n) is 6.65. The minimum Gasteiger partial charge on any atom is -0.358 e. The fourth-order valence-electron chi connectivity index (χ4n) is 1.15. The van der Waals surface area contributed by atoms with Gasteiger partial charge >= 0.3 is 0 Å². The van der Waals surface area contributed by atoms with Gasteiger partial charge in [0.1, 0.15) is 0 Å². The second-order valence-corrected chi connectivity index (χ2v) is 2.46. The molecule has 0 bridgehead atoms. The van der Waals surface area contributed by atoms with E-state index in [1.54, 1.807) is 0 Å². The monoisotopic (exact) mass is 219 g/mol. The molecule has 10 heavy (non-hydrogen) atoms. The van der Waals surface area contributed by atoms with Gasteiger partial charge in [-0.2, -0.15) is 12.8 Å². The van der Waals surface area contributed by atoms with Gasteiger partial charge in [0.25, 0.3) is 0 Å². The van der Waals surface area contributed by atoms with Crippen LogP contribution in [0.1, 0.15) is 25.7 Å². The van der Waals surface area contributed by atoms with Gasteiger partial charge in [-0.15, -0.1) is 0 Å². The summed E-state index contributed by atoms with van der Waals surface area (Å²) in [4.78, 5) is 0. The summed E-state index contributed by atoms with van der Waals surface area (Å²) in [6.45, 7) is -0.103. The molecule has 0 unspecified atom stereocenters. The van der Waals surface area contributed by atoms with Crippen molar-refractivity contribution in [3.8, 4) is 0 Å². The molecule has 1 aliphatic carbocycles. The first-order valence-corrected chi connectivity index (χ1v) is 3.31. The van der Waals surface area contributed by atoms with E-state index in [1.807, 2.05) is 0 Å². The number of hydrogen-bond donors (Lipinski definition) is 0. The molecule has 0 atom stereocenters. The smallest absolute Gasteiger partial charge is 0.0920 e. The molecule has 59 valence electrons. The van der Waals surface area contributed by atoms with Crippen LogP contribution in [0.4, 0.5) is 4.39 Å². The first kappa shape index (κ1) is 13.6. The average Bonchev–Trinajstić information content (AvgIpc) is 1.90. The van der Waals surface area contributed by atoms with Crippen LogP contribution in [0.3, 0.4) is 0 Å². The quantitative estimate of drug-likeness (QED) is 0.595. The summed E-state index contributed by atoms with van der Waals surface area (Å²) in [5, 5.41) is 0. The molecule has 1 aliphatic rings. The van der Waals surface area contributed by atoms with Crippen molar-refractivity contribution in [3.05, 3.63) is 13.8 Å². The third-order valence-electron chi connectivity index (χ3n) is 1.78. The van der Waals surface area contributed by atoms with Crippen molar-refractivity contribution in [2.24, 2.45) is 5.92 Å². The van der Waals surface area contributed by atoms with E-state index in [4.69, 9.17) is 0 Å². The molecule has 0 saturated heterocycles. The van der Waals surface area contributed by atoms with Crippen LogP contribution in [0.25, 0.3) is 0 Å². The van der Waals surface area contributed by atoms with Crippen molar-refractivity contribution >= 4 is 0 Å². The molecule has 0 N–H and O–H groups in total. The molecular weight excluding hydrogens is 204 g/mol. The predicted molar refractivity (Wildman–Crippen MR) is 38.6 cm³/mol. The SMILES string of the molecule is FCC1CC[CH-]CC1.[CH3-].[Y]. The third-order valence-corrected chi connectivity index (χ3v) is 1.78. The Morgan fingerprint density at radius 3 is 2.10 bits per heavy atom. The molecule has 0 aromatic rings. The molecular formula is C8H15FY-2. The van der Waals surface area contributed by atoms with Gasteiger partial charge in [-0.25, -0.2) is 0 Å². The maximum absolute atomic E-state index is 11.9. The zero-order valence-corrected chi connectivity index (χ0v) is 9.48. The van der Waals surface area contributed by atoms with Crippen molar-refractivity contribution in [2.75, 3.05) is 6.67 Å². The molecule has 0 aromatic carbocycles. The standard InChI is InChI=1S/C7H12F.CH3.Y/c8-6-7-4-2-1-3-5-7;;/h1,7H,2-6H2;1H3;/q2*-1;. The Morgan fingerprint density at radius 2 is 1.80 bits per heavy atom. The van der Waals surface area contributed by atoms with Crippen LogP contribution >= 0.6 is 0 Å². The predicted octanol–water partition coefficient (Wildman–Crippen LogP) is 2.80. The van der Waals surface area contributed by atoms with Crippen LogP contribution in [0.15, 0.2) is 0 Å². The van der Waals surface area contributed by atoms with Gasteiger partial charge < -0.3 is 13.8 Å². The van der Waals surface area contributed by atoms with Crippen LogP contribution in [0, 0.1) is 19.8 Å². The van der Waals surface area contributed by atoms with Crippen molar-refractivity contribution in [1.82, 2.24) is 0 Å². The molecule has 0 aromatic heterocycles. The summed E-state index contributed by atoms with van der Waals surface area (Å²) < 4.78 is 11.9. The van der Waals surface area contributed by atoms with Crippen molar-refractivity contribution < 1.29 is 37.1 Å². The Morgan fingerprint density at radius 1 is 1.30 bits per heavy atom. The van der Waals surface area contributed by atoms with Crippen LogP contribution < -0.4 is 0 Å². The van der Waals surface area contributed by atoms with E-state index in [0.29, 0.717) is 5.92 Å². The largest absolute Gasteiger partial charge is 0.358 e. The summed E-state index contributed by atoms with van der Waals surface area (Å²) in [5.41, 5.74) is 0. The Labute approximate surface area is 88.8 Å². The summed E-state index contributed by atoms with van der Waals surface area (Å²) in [5.74, 6) is 0.389. The Balaban J connectivity index is 0. The molecule has 1 radical (unpaired) electrons. The van der Waals surface area contributed by atoms with Gasteiger partial charge in [0.05, 0.1) is 6.67 Å². The number of rotatable bonds is 1. The first-order valence-electron chi connectivity index (χ1n) is 3.31. The Bertz CT molecular complexity index is 60.3. The van der Waals surface area contributed by atoms with Crippen LogP contribution in [-0.2, 0) is 32.7 Å². The second-order valence-electron chi connectivity index (χ2n) is 2.46. The van der Waals surface area contributed by atoms with Gasteiger partial charge in [-0.05, 0) is 5.92 Å². The molecule has 2 heteroatoms. The average molecular weight is 219 g/mol. The number of alkyl halides is 1. The minimum absolute atomic E-state index is 0. The van der Waals surface area contributed by atoms with Gasteiger partial charge in [0, 0.05) is 32.7 Å². The van der Waals surface area contributed by atoms with Crippen LogP contribution in [-0.4, -0.2) is 6.67 Å². The maximum Gasteiger partial charge on any atom is 0.0920 e. The van der Waals surface area contributed by atoms with Gasteiger partial charge in [-0.3, -0.25) is 4.39 Å². The summed E-state index contributed by atoms with van der Waals surface area (Å²) >= 11 is 0. The van der Waals surface area contributed by atoms with E-state index in [-0.39, 0.29) is 46.8 Å². The molecule has 0 amide bonds. The van der Waals surface area contributed by atoms with Crippen molar-refractivity contribution in [1.29, 1.82) is 0 Å². The maximum atomic E-state index is 11.9. The van der Waals surface area contributed by atoms with Gasteiger partial charge in [0.15, 0.2) is 0 Å². The molecule has 1 fully saturated rings. The van der Waals surface area contributed by atoms with E-state index < -0.39 is 0 Å². The fourth-order valence-corrected chi connectivity index (χ4v) is 1.15. The fraction of sp³-hybridized carbons (Fsp3) is 0.750. The van der Waals surface area contributed by atoms with Crippen LogP contribution in [0.2, 0.25) is 0 Å². The normalized spacial score (nSPS) is 18.9. The molecule has 0 nitrogen and oxygen atoms in total. The summed E-state index contributed by atoms with van der Waals surface area (Å²) in [6.07, 6.45) is 6.68. The Kier molecular flexibility index (Phi) is 11.1. The third kappa shape index (κ3) is 4.79. The van der Waals surface area contributed by atoms with E-state index >= 15 is 0 Å². The topological polar surface area (TPSA) is 0 Å².